The lowest BCUT2D eigenvalue weighted by atomic mass is 10.00. The Hall–Kier alpha value is -2.24. The van der Waals surface area contributed by atoms with E-state index in [-0.39, 0.29) is 17.9 Å². The Morgan fingerprint density at radius 3 is 2.81 bits per heavy atom. The van der Waals surface area contributed by atoms with Crippen molar-refractivity contribution in [3.63, 3.8) is 0 Å². The predicted molar refractivity (Wildman–Crippen MR) is 80.4 cm³/mol. The molecule has 0 saturated carbocycles. The average molecular weight is 291 g/mol. The van der Waals surface area contributed by atoms with Crippen LogP contribution in [0.5, 0.6) is 5.75 Å². The molecular formula is C15H21N3O3. The normalized spacial score (nSPS) is 18.4. The first-order chi connectivity index (χ1) is 10.0. The Balaban J connectivity index is 2.16. The number of nitrogens with zero attached hydrogens (tertiary/aromatic N) is 1. The molecule has 6 heteroatoms. The van der Waals surface area contributed by atoms with Crippen molar-refractivity contribution < 1.29 is 14.3 Å². The third-order valence-electron chi connectivity index (χ3n) is 3.50. The second kappa shape index (κ2) is 6.47. The third kappa shape index (κ3) is 3.26. The molecule has 0 bridgehead atoms. The molecule has 2 rings (SSSR count). The summed E-state index contributed by atoms with van der Waals surface area (Å²) in [7, 11) is 1.55. The quantitative estimate of drug-likeness (QED) is 0.890. The zero-order valence-electron chi connectivity index (χ0n) is 12.6. The lowest BCUT2D eigenvalue weighted by molar-refractivity contribution is -0.129. The van der Waals surface area contributed by atoms with Gasteiger partial charge in [0.05, 0.1) is 12.8 Å². The minimum absolute atomic E-state index is 0.0497. The Morgan fingerprint density at radius 2 is 2.14 bits per heavy atom. The van der Waals surface area contributed by atoms with E-state index >= 15 is 0 Å². The van der Waals surface area contributed by atoms with Gasteiger partial charge < -0.3 is 20.3 Å². The van der Waals surface area contributed by atoms with Gasteiger partial charge in [-0.15, -0.1) is 0 Å². The SMILES string of the molecule is COc1ccccc1NC(=O)N1CCNC(=O)[C@H]1C(C)C. The minimum atomic E-state index is -0.451. The summed E-state index contributed by atoms with van der Waals surface area (Å²) >= 11 is 0. The Bertz CT molecular complexity index is 531. The molecule has 1 saturated heterocycles. The molecule has 0 radical (unpaired) electrons. The molecule has 1 aliphatic rings. The zero-order chi connectivity index (χ0) is 15.4. The van der Waals surface area contributed by atoms with Gasteiger partial charge in [-0.05, 0) is 18.1 Å². The van der Waals surface area contributed by atoms with Crippen LogP contribution in [0, 0.1) is 5.92 Å². The predicted octanol–water partition coefficient (Wildman–Crippen LogP) is 1.68. The van der Waals surface area contributed by atoms with Gasteiger partial charge in [0.25, 0.3) is 0 Å². The summed E-state index contributed by atoms with van der Waals surface area (Å²) in [6.07, 6.45) is 0. The van der Waals surface area contributed by atoms with Crippen LogP contribution in [0.2, 0.25) is 0 Å². The van der Waals surface area contributed by atoms with Crippen LogP contribution in [0.25, 0.3) is 0 Å². The van der Waals surface area contributed by atoms with E-state index in [0.717, 1.165) is 0 Å². The van der Waals surface area contributed by atoms with Crippen LogP contribution in [0.3, 0.4) is 0 Å². The van der Waals surface area contributed by atoms with Crippen LogP contribution >= 0.6 is 0 Å². The molecule has 2 N–H and O–H groups in total. The maximum atomic E-state index is 12.5. The smallest absolute Gasteiger partial charge is 0.322 e. The Kier molecular flexibility index (Phi) is 4.67. The highest BCUT2D eigenvalue weighted by molar-refractivity contribution is 5.95. The molecule has 1 aromatic carbocycles. The molecule has 21 heavy (non-hydrogen) atoms. The second-order valence-corrected chi connectivity index (χ2v) is 5.30. The highest BCUT2D eigenvalue weighted by Crippen LogP contribution is 2.24. The zero-order valence-corrected chi connectivity index (χ0v) is 12.6. The lowest BCUT2D eigenvalue weighted by Gasteiger charge is -2.37. The molecule has 1 aliphatic heterocycles. The van der Waals surface area contributed by atoms with Crippen LogP contribution in [0.4, 0.5) is 10.5 Å². The molecule has 1 aromatic rings. The number of amides is 3. The van der Waals surface area contributed by atoms with Gasteiger partial charge in [0.15, 0.2) is 0 Å². The molecule has 1 atom stereocenters. The summed E-state index contributed by atoms with van der Waals surface area (Å²) in [5.41, 5.74) is 0.596. The first-order valence-electron chi connectivity index (χ1n) is 7.03. The number of anilines is 1. The van der Waals surface area contributed by atoms with Crippen LogP contribution in [0.1, 0.15) is 13.8 Å². The van der Waals surface area contributed by atoms with Gasteiger partial charge in [0.1, 0.15) is 11.8 Å². The van der Waals surface area contributed by atoms with Crippen molar-refractivity contribution in [1.29, 1.82) is 0 Å². The van der Waals surface area contributed by atoms with Crippen LogP contribution in [-0.4, -0.2) is 43.1 Å². The summed E-state index contributed by atoms with van der Waals surface area (Å²) in [6.45, 7) is 4.83. The molecule has 0 aliphatic carbocycles. The molecule has 0 spiro atoms. The first kappa shape index (κ1) is 15.2. The molecule has 1 heterocycles. The number of hydrogen-bond donors (Lipinski definition) is 2. The number of para-hydroxylation sites is 2. The van der Waals surface area contributed by atoms with Crippen molar-refractivity contribution >= 4 is 17.6 Å². The third-order valence-corrected chi connectivity index (χ3v) is 3.50. The van der Waals surface area contributed by atoms with Crippen molar-refractivity contribution in [1.82, 2.24) is 10.2 Å². The molecule has 6 nitrogen and oxygen atoms in total. The fraction of sp³-hybridized carbons (Fsp3) is 0.467. The standard InChI is InChI=1S/C15H21N3O3/c1-10(2)13-14(19)16-8-9-18(13)15(20)17-11-6-4-5-7-12(11)21-3/h4-7,10,13H,8-9H2,1-3H3,(H,16,19)(H,17,20)/t13-/m1/s1. The molecule has 114 valence electrons. The number of carbonyl (C=O) groups excluding carboxylic acids is 2. The summed E-state index contributed by atoms with van der Waals surface area (Å²) in [5, 5.41) is 5.62. The largest absolute Gasteiger partial charge is 0.495 e. The number of carbonyl (C=O) groups is 2. The number of methoxy groups -OCH3 is 1. The van der Waals surface area contributed by atoms with E-state index in [1.807, 2.05) is 26.0 Å². The number of ether oxygens (including phenoxy) is 1. The lowest BCUT2D eigenvalue weighted by Crippen LogP contribution is -2.60. The molecule has 3 amide bonds. The molecule has 0 aromatic heterocycles. The van der Waals surface area contributed by atoms with Gasteiger partial charge in [-0.3, -0.25) is 4.79 Å². The van der Waals surface area contributed by atoms with Crippen molar-refractivity contribution in [2.75, 3.05) is 25.5 Å². The van der Waals surface area contributed by atoms with E-state index in [4.69, 9.17) is 4.74 Å². The van der Waals surface area contributed by atoms with Crippen LogP contribution < -0.4 is 15.4 Å². The van der Waals surface area contributed by atoms with Gasteiger partial charge in [0.2, 0.25) is 5.91 Å². The van der Waals surface area contributed by atoms with Gasteiger partial charge >= 0.3 is 6.03 Å². The first-order valence-corrected chi connectivity index (χ1v) is 7.03. The monoisotopic (exact) mass is 291 g/mol. The number of piperazine rings is 1. The summed E-state index contributed by atoms with van der Waals surface area (Å²) in [6, 6.07) is 6.46. The number of benzene rings is 1. The van der Waals surface area contributed by atoms with Gasteiger partial charge in [0, 0.05) is 13.1 Å². The van der Waals surface area contributed by atoms with Crippen molar-refractivity contribution in [2.45, 2.75) is 19.9 Å². The summed E-state index contributed by atoms with van der Waals surface area (Å²) < 4.78 is 5.22. The van der Waals surface area contributed by atoms with Crippen molar-refractivity contribution in [3.05, 3.63) is 24.3 Å². The highest BCUT2D eigenvalue weighted by atomic mass is 16.5. The summed E-state index contributed by atoms with van der Waals surface area (Å²) in [4.78, 5) is 26.0. The Morgan fingerprint density at radius 1 is 1.43 bits per heavy atom. The number of nitrogens with one attached hydrogen (secondary N) is 2. The molecule has 1 fully saturated rings. The van der Waals surface area contributed by atoms with Crippen LogP contribution in [-0.2, 0) is 4.79 Å². The van der Waals surface area contributed by atoms with Crippen molar-refractivity contribution in [3.8, 4) is 5.75 Å². The number of urea groups is 1. The molecular weight excluding hydrogens is 270 g/mol. The van der Waals surface area contributed by atoms with E-state index in [1.165, 1.54) is 0 Å². The maximum Gasteiger partial charge on any atom is 0.322 e. The van der Waals surface area contributed by atoms with Gasteiger partial charge in [-0.1, -0.05) is 26.0 Å². The topological polar surface area (TPSA) is 70.7 Å². The van der Waals surface area contributed by atoms with Crippen molar-refractivity contribution in [2.24, 2.45) is 5.92 Å². The highest BCUT2D eigenvalue weighted by Gasteiger charge is 2.35. The fourth-order valence-corrected chi connectivity index (χ4v) is 2.51. The second-order valence-electron chi connectivity index (χ2n) is 5.30. The minimum Gasteiger partial charge on any atom is -0.495 e. The van der Waals surface area contributed by atoms with E-state index in [2.05, 4.69) is 10.6 Å². The van der Waals surface area contributed by atoms with Gasteiger partial charge in [-0.25, -0.2) is 4.79 Å². The Labute approximate surface area is 124 Å². The molecule has 0 unspecified atom stereocenters. The average Bonchev–Trinajstić information content (AvgIpc) is 2.47. The fourth-order valence-electron chi connectivity index (χ4n) is 2.51. The maximum absolute atomic E-state index is 12.5. The van der Waals surface area contributed by atoms with E-state index in [0.29, 0.717) is 24.5 Å². The van der Waals surface area contributed by atoms with E-state index < -0.39 is 6.04 Å². The summed E-state index contributed by atoms with van der Waals surface area (Å²) in [5.74, 6) is 0.536. The number of hydrogen-bond acceptors (Lipinski definition) is 3. The van der Waals surface area contributed by atoms with E-state index in [9.17, 15) is 9.59 Å². The number of rotatable bonds is 3. The van der Waals surface area contributed by atoms with E-state index in [1.54, 1.807) is 24.1 Å². The van der Waals surface area contributed by atoms with Gasteiger partial charge in [-0.2, -0.15) is 0 Å². The van der Waals surface area contributed by atoms with Crippen LogP contribution in [0.15, 0.2) is 24.3 Å².